The highest BCUT2D eigenvalue weighted by Crippen LogP contribution is 2.22. The summed E-state index contributed by atoms with van der Waals surface area (Å²) in [6.45, 7) is 5.47. The summed E-state index contributed by atoms with van der Waals surface area (Å²) in [7, 11) is -1.06. The lowest BCUT2D eigenvalue weighted by atomic mass is 10.1. The molecule has 1 rings (SSSR count). The van der Waals surface area contributed by atoms with Crippen molar-refractivity contribution in [3.8, 4) is 0 Å². The van der Waals surface area contributed by atoms with Crippen molar-refractivity contribution in [2.45, 2.75) is 57.2 Å². The highest BCUT2D eigenvalue weighted by atomic mass is 32.2. The number of amides is 1. The quantitative estimate of drug-likeness (QED) is 0.715. The zero-order chi connectivity index (χ0) is 13.4. The molecule has 1 aliphatic rings. The van der Waals surface area contributed by atoms with Gasteiger partial charge in [-0.1, -0.05) is 26.2 Å². The van der Waals surface area contributed by atoms with Crippen LogP contribution in [0.5, 0.6) is 0 Å². The van der Waals surface area contributed by atoms with Crippen molar-refractivity contribution in [2.24, 2.45) is 0 Å². The van der Waals surface area contributed by atoms with Crippen molar-refractivity contribution in [3.63, 3.8) is 0 Å². The Morgan fingerprint density at radius 1 is 1.17 bits per heavy atom. The maximum atomic E-state index is 12.3. The van der Waals surface area contributed by atoms with Gasteiger partial charge >= 0.3 is 0 Å². The molecule has 0 bridgehead atoms. The van der Waals surface area contributed by atoms with E-state index in [0.717, 1.165) is 25.8 Å². The standard InChI is InChI=1S/C13H26N2O2S/c1-3-14-11-8-6-5-7-9-12(11)18(17)10-13(16)15-4-2/h11-12,14H,3-10H2,1-2H3,(H,15,16). The Bertz CT molecular complexity index is 284. The molecule has 0 radical (unpaired) electrons. The Kier molecular flexibility index (Phi) is 7.51. The number of hydrogen-bond donors (Lipinski definition) is 2. The molecule has 0 aromatic heterocycles. The number of nitrogens with one attached hydrogen (secondary N) is 2. The maximum absolute atomic E-state index is 12.3. The van der Waals surface area contributed by atoms with E-state index in [1.807, 2.05) is 6.92 Å². The monoisotopic (exact) mass is 274 g/mol. The van der Waals surface area contributed by atoms with Gasteiger partial charge in [-0.05, 0) is 26.3 Å². The lowest BCUT2D eigenvalue weighted by Crippen LogP contribution is -2.43. The first-order valence-electron chi connectivity index (χ1n) is 7.06. The summed E-state index contributed by atoms with van der Waals surface area (Å²) in [5, 5.41) is 6.30. The largest absolute Gasteiger partial charge is 0.356 e. The normalized spacial score (nSPS) is 26.3. The lowest BCUT2D eigenvalue weighted by molar-refractivity contribution is -0.118. The van der Waals surface area contributed by atoms with Gasteiger partial charge in [0.1, 0.15) is 5.75 Å². The fourth-order valence-corrected chi connectivity index (χ4v) is 4.17. The number of rotatable bonds is 6. The van der Waals surface area contributed by atoms with E-state index in [2.05, 4.69) is 17.6 Å². The molecule has 1 aliphatic carbocycles. The lowest BCUT2D eigenvalue weighted by Gasteiger charge is -2.25. The van der Waals surface area contributed by atoms with Crippen LogP contribution in [0.4, 0.5) is 0 Å². The van der Waals surface area contributed by atoms with E-state index in [1.165, 1.54) is 12.8 Å². The molecule has 3 atom stereocenters. The van der Waals surface area contributed by atoms with Crippen LogP contribution in [0.2, 0.25) is 0 Å². The minimum Gasteiger partial charge on any atom is -0.356 e. The Morgan fingerprint density at radius 2 is 1.89 bits per heavy atom. The van der Waals surface area contributed by atoms with E-state index in [1.54, 1.807) is 0 Å². The minimum atomic E-state index is -1.06. The van der Waals surface area contributed by atoms with Gasteiger partial charge in [0.25, 0.3) is 0 Å². The molecule has 2 N–H and O–H groups in total. The molecular weight excluding hydrogens is 248 g/mol. The Balaban J connectivity index is 2.57. The zero-order valence-electron chi connectivity index (χ0n) is 11.5. The van der Waals surface area contributed by atoms with E-state index in [0.29, 0.717) is 12.6 Å². The average Bonchev–Trinajstić information content (AvgIpc) is 2.55. The molecule has 3 unspecified atom stereocenters. The van der Waals surface area contributed by atoms with Gasteiger partial charge in [-0.15, -0.1) is 0 Å². The van der Waals surface area contributed by atoms with Crippen LogP contribution in [0.25, 0.3) is 0 Å². The molecule has 106 valence electrons. The Hall–Kier alpha value is -0.420. The summed E-state index contributed by atoms with van der Waals surface area (Å²) in [5.74, 6) is 0.0655. The summed E-state index contributed by atoms with van der Waals surface area (Å²) >= 11 is 0. The Labute approximate surface area is 113 Å². The molecule has 0 saturated heterocycles. The van der Waals surface area contributed by atoms with E-state index in [-0.39, 0.29) is 16.9 Å². The highest BCUT2D eigenvalue weighted by molar-refractivity contribution is 7.86. The second kappa shape index (κ2) is 8.64. The molecule has 1 saturated carbocycles. The third kappa shape index (κ3) is 5.06. The van der Waals surface area contributed by atoms with Crippen LogP contribution >= 0.6 is 0 Å². The fourth-order valence-electron chi connectivity index (χ4n) is 2.57. The van der Waals surface area contributed by atoms with E-state index >= 15 is 0 Å². The SMILES string of the molecule is CCNC(=O)CS(=O)C1CCCCCC1NCC. The predicted octanol–water partition coefficient (Wildman–Crippen LogP) is 1.18. The number of hydrogen-bond acceptors (Lipinski definition) is 3. The third-order valence-electron chi connectivity index (χ3n) is 3.40. The van der Waals surface area contributed by atoms with Gasteiger partial charge in [0.2, 0.25) is 5.91 Å². The minimum absolute atomic E-state index is 0.0877. The van der Waals surface area contributed by atoms with Crippen LogP contribution in [0, 0.1) is 0 Å². The number of carbonyl (C=O) groups is 1. The Morgan fingerprint density at radius 3 is 2.56 bits per heavy atom. The second-order valence-electron chi connectivity index (χ2n) is 4.82. The van der Waals surface area contributed by atoms with Gasteiger partial charge in [-0.25, -0.2) is 0 Å². The molecular formula is C13H26N2O2S. The fraction of sp³-hybridized carbons (Fsp3) is 0.923. The molecule has 18 heavy (non-hydrogen) atoms. The topological polar surface area (TPSA) is 58.2 Å². The first-order valence-corrected chi connectivity index (χ1v) is 8.44. The molecule has 1 fully saturated rings. The van der Waals surface area contributed by atoms with Gasteiger partial charge in [0.15, 0.2) is 0 Å². The van der Waals surface area contributed by atoms with Gasteiger partial charge < -0.3 is 10.6 Å². The predicted molar refractivity (Wildman–Crippen MR) is 76.0 cm³/mol. The van der Waals surface area contributed by atoms with E-state index in [9.17, 15) is 9.00 Å². The third-order valence-corrected chi connectivity index (χ3v) is 5.19. The molecule has 0 aromatic rings. The molecule has 0 heterocycles. The summed E-state index contributed by atoms with van der Waals surface area (Å²) < 4.78 is 12.3. The zero-order valence-corrected chi connectivity index (χ0v) is 12.4. The first-order chi connectivity index (χ1) is 8.69. The highest BCUT2D eigenvalue weighted by Gasteiger charge is 2.28. The molecule has 0 spiro atoms. The van der Waals surface area contributed by atoms with E-state index < -0.39 is 10.8 Å². The first kappa shape index (κ1) is 15.6. The van der Waals surface area contributed by atoms with Crippen molar-refractivity contribution in [3.05, 3.63) is 0 Å². The molecule has 1 amide bonds. The van der Waals surface area contributed by atoms with Crippen molar-refractivity contribution < 1.29 is 9.00 Å². The average molecular weight is 274 g/mol. The summed E-state index contributed by atoms with van der Waals surface area (Å²) in [4.78, 5) is 11.5. The van der Waals surface area contributed by atoms with Crippen LogP contribution in [0.15, 0.2) is 0 Å². The van der Waals surface area contributed by atoms with Gasteiger partial charge in [0.05, 0.1) is 5.25 Å². The van der Waals surface area contributed by atoms with Crippen LogP contribution in [0.1, 0.15) is 46.0 Å². The van der Waals surface area contributed by atoms with Gasteiger partial charge in [0, 0.05) is 23.4 Å². The molecule has 4 nitrogen and oxygen atoms in total. The van der Waals surface area contributed by atoms with Crippen LogP contribution < -0.4 is 10.6 Å². The molecule has 0 aliphatic heterocycles. The number of carbonyl (C=O) groups excluding carboxylic acids is 1. The van der Waals surface area contributed by atoms with Gasteiger partial charge in [-0.2, -0.15) is 0 Å². The molecule has 5 heteroatoms. The molecule has 0 aromatic carbocycles. The van der Waals surface area contributed by atoms with Crippen LogP contribution in [-0.2, 0) is 15.6 Å². The van der Waals surface area contributed by atoms with Gasteiger partial charge in [-0.3, -0.25) is 9.00 Å². The summed E-state index contributed by atoms with van der Waals surface area (Å²) in [5.41, 5.74) is 0. The van der Waals surface area contributed by atoms with Crippen LogP contribution in [0.3, 0.4) is 0 Å². The van der Waals surface area contributed by atoms with E-state index in [4.69, 9.17) is 0 Å². The van der Waals surface area contributed by atoms with Crippen molar-refractivity contribution >= 4 is 16.7 Å². The van der Waals surface area contributed by atoms with Crippen molar-refractivity contribution in [1.29, 1.82) is 0 Å². The maximum Gasteiger partial charge on any atom is 0.232 e. The summed E-state index contributed by atoms with van der Waals surface area (Å²) in [6.07, 6.45) is 5.61. The van der Waals surface area contributed by atoms with Crippen LogP contribution in [-0.4, -0.2) is 40.3 Å². The van der Waals surface area contributed by atoms with Crippen molar-refractivity contribution in [2.75, 3.05) is 18.8 Å². The van der Waals surface area contributed by atoms with Crippen molar-refractivity contribution in [1.82, 2.24) is 10.6 Å². The second-order valence-corrected chi connectivity index (χ2v) is 6.47. The smallest absolute Gasteiger partial charge is 0.232 e. The summed E-state index contributed by atoms with van der Waals surface area (Å²) in [6, 6.07) is 0.313.